The number of aromatic nitrogens is 1. The molecule has 76 valence electrons. The van der Waals surface area contributed by atoms with Crippen LogP contribution in [0.3, 0.4) is 0 Å². The van der Waals surface area contributed by atoms with Crippen LogP contribution in [0.4, 0.5) is 5.69 Å². The van der Waals surface area contributed by atoms with Gasteiger partial charge in [0.25, 0.3) is 0 Å². The van der Waals surface area contributed by atoms with Crippen LogP contribution >= 0.6 is 0 Å². The second-order valence-electron chi connectivity index (χ2n) is 4.08. The monoisotopic (exact) mass is 198 g/mol. The standard InChI is InChI=1S/C13H14N2/c1-10-13-7-4-8-15(13)9-11-5-2-3-6-12(11)14-10/h2-8,10,14H,9H2,1H3. The van der Waals surface area contributed by atoms with Gasteiger partial charge in [0.15, 0.2) is 0 Å². The summed E-state index contributed by atoms with van der Waals surface area (Å²) < 4.78 is 2.31. The molecule has 1 aromatic heterocycles. The summed E-state index contributed by atoms with van der Waals surface area (Å²) in [5.74, 6) is 0. The number of fused-ring (bicyclic) bond motifs is 2. The minimum atomic E-state index is 0.378. The van der Waals surface area contributed by atoms with E-state index < -0.39 is 0 Å². The fourth-order valence-corrected chi connectivity index (χ4v) is 2.25. The summed E-state index contributed by atoms with van der Waals surface area (Å²) in [6.45, 7) is 3.17. The van der Waals surface area contributed by atoms with E-state index in [4.69, 9.17) is 0 Å². The number of nitrogens with zero attached hydrogens (tertiary/aromatic N) is 1. The molecule has 1 aliphatic heterocycles. The largest absolute Gasteiger partial charge is 0.377 e. The molecule has 0 bridgehead atoms. The maximum absolute atomic E-state index is 3.54. The highest BCUT2D eigenvalue weighted by atomic mass is 15.1. The lowest BCUT2D eigenvalue weighted by molar-refractivity contribution is 0.723. The zero-order chi connectivity index (χ0) is 10.3. The second kappa shape index (κ2) is 3.16. The van der Waals surface area contributed by atoms with Gasteiger partial charge >= 0.3 is 0 Å². The lowest BCUT2D eigenvalue weighted by atomic mass is 10.1. The van der Waals surface area contributed by atoms with Gasteiger partial charge < -0.3 is 9.88 Å². The van der Waals surface area contributed by atoms with E-state index in [-0.39, 0.29) is 0 Å². The summed E-state index contributed by atoms with van der Waals surface area (Å²) in [7, 11) is 0. The molecule has 2 aromatic rings. The number of nitrogens with one attached hydrogen (secondary N) is 1. The van der Waals surface area contributed by atoms with Gasteiger partial charge in [0.1, 0.15) is 0 Å². The van der Waals surface area contributed by atoms with Gasteiger partial charge in [-0.3, -0.25) is 0 Å². The molecule has 2 nitrogen and oxygen atoms in total. The summed E-state index contributed by atoms with van der Waals surface area (Å²) in [6.07, 6.45) is 2.15. The summed E-state index contributed by atoms with van der Waals surface area (Å²) in [4.78, 5) is 0. The summed E-state index contributed by atoms with van der Waals surface area (Å²) in [6, 6.07) is 13.2. The topological polar surface area (TPSA) is 17.0 Å². The van der Waals surface area contributed by atoms with Crippen LogP contribution in [0.5, 0.6) is 0 Å². The Balaban J connectivity index is 2.14. The molecule has 2 heteroatoms. The van der Waals surface area contributed by atoms with Gasteiger partial charge in [-0.2, -0.15) is 0 Å². The zero-order valence-electron chi connectivity index (χ0n) is 8.77. The Kier molecular flexibility index (Phi) is 1.81. The predicted octanol–water partition coefficient (Wildman–Crippen LogP) is 3.02. The molecule has 1 aliphatic rings. The maximum atomic E-state index is 3.54. The molecular formula is C13H14N2. The van der Waals surface area contributed by atoms with Crippen molar-refractivity contribution in [2.24, 2.45) is 0 Å². The highest BCUT2D eigenvalue weighted by molar-refractivity contribution is 5.53. The van der Waals surface area contributed by atoms with Crippen LogP contribution in [-0.4, -0.2) is 4.57 Å². The Morgan fingerprint density at radius 1 is 1.20 bits per heavy atom. The summed E-state index contributed by atoms with van der Waals surface area (Å²) in [5, 5.41) is 3.54. The number of rotatable bonds is 0. The number of benzene rings is 1. The van der Waals surface area contributed by atoms with Crippen molar-refractivity contribution >= 4 is 5.69 Å². The van der Waals surface area contributed by atoms with Gasteiger partial charge in [-0.1, -0.05) is 18.2 Å². The molecule has 0 saturated heterocycles. The van der Waals surface area contributed by atoms with Gasteiger partial charge in [0.2, 0.25) is 0 Å². The molecule has 1 aromatic carbocycles. The molecule has 0 fully saturated rings. The van der Waals surface area contributed by atoms with E-state index >= 15 is 0 Å². The van der Waals surface area contributed by atoms with Gasteiger partial charge in [-0.05, 0) is 30.7 Å². The molecule has 1 atom stereocenters. The average Bonchev–Trinajstić information content (AvgIpc) is 2.64. The molecule has 1 N–H and O–H groups in total. The third kappa shape index (κ3) is 1.33. The van der Waals surface area contributed by atoms with Crippen molar-refractivity contribution in [1.82, 2.24) is 4.57 Å². The molecule has 0 aliphatic carbocycles. The zero-order valence-corrected chi connectivity index (χ0v) is 8.77. The smallest absolute Gasteiger partial charge is 0.0637 e. The third-order valence-electron chi connectivity index (χ3n) is 3.04. The lowest BCUT2D eigenvalue weighted by Gasteiger charge is -2.13. The Morgan fingerprint density at radius 3 is 3.00 bits per heavy atom. The van der Waals surface area contributed by atoms with Crippen LogP contribution in [0.15, 0.2) is 42.6 Å². The van der Waals surface area contributed by atoms with Gasteiger partial charge in [0, 0.05) is 24.1 Å². The normalized spacial score (nSPS) is 18.6. The molecule has 0 saturated carbocycles. The fourth-order valence-electron chi connectivity index (χ4n) is 2.25. The first kappa shape index (κ1) is 8.60. The Morgan fingerprint density at radius 2 is 2.07 bits per heavy atom. The van der Waals surface area contributed by atoms with Gasteiger partial charge in [0.05, 0.1) is 6.04 Å². The van der Waals surface area contributed by atoms with E-state index in [0.717, 1.165) is 6.54 Å². The van der Waals surface area contributed by atoms with Crippen LogP contribution in [0, 0.1) is 0 Å². The van der Waals surface area contributed by atoms with Crippen LogP contribution in [-0.2, 0) is 6.54 Å². The molecule has 0 amide bonds. The average molecular weight is 198 g/mol. The maximum Gasteiger partial charge on any atom is 0.0637 e. The molecule has 15 heavy (non-hydrogen) atoms. The molecule has 0 spiro atoms. The summed E-state index contributed by atoms with van der Waals surface area (Å²) in [5.41, 5.74) is 3.97. The van der Waals surface area contributed by atoms with E-state index in [1.54, 1.807) is 0 Å². The first-order valence-corrected chi connectivity index (χ1v) is 5.34. The minimum absolute atomic E-state index is 0.378. The van der Waals surface area contributed by atoms with Crippen molar-refractivity contribution in [2.75, 3.05) is 5.32 Å². The number of para-hydroxylation sites is 1. The van der Waals surface area contributed by atoms with Crippen molar-refractivity contribution in [2.45, 2.75) is 19.5 Å². The number of anilines is 1. The van der Waals surface area contributed by atoms with Crippen molar-refractivity contribution < 1.29 is 0 Å². The molecular weight excluding hydrogens is 184 g/mol. The Bertz CT molecular complexity index is 485. The molecule has 2 heterocycles. The van der Waals surface area contributed by atoms with Crippen molar-refractivity contribution in [3.05, 3.63) is 53.9 Å². The minimum Gasteiger partial charge on any atom is -0.377 e. The molecule has 0 radical (unpaired) electrons. The van der Waals surface area contributed by atoms with Crippen LogP contribution in [0.2, 0.25) is 0 Å². The van der Waals surface area contributed by atoms with Crippen LogP contribution in [0.1, 0.15) is 24.2 Å². The second-order valence-corrected chi connectivity index (χ2v) is 4.08. The highest BCUT2D eigenvalue weighted by Gasteiger charge is 2.16. The van der Waals surface area contributed by atoms with Gasteiger partial charge in [-0.15, -0.1) is 0 Å². The van der Waals surface area contributed by atoms with E-state index in [1.807, 2.05) is 0 Å². The SMILES string of the molecule is CC1Nc2ccccc2Cn2cccc21. The first-order chi connectivity index (χ1) is 7.34. The molecule has 3 rings (SSSR count). The first-order valence-electron chi connectivity index (χ1n) is 5.34. The lowest BCUT2D eigenvalue weighted by Crippen LogP contribution is -2.07. The third-order valence-corrected chi connectivity index (χ3v) is 3.04. The number of hydrogen-bond acceptors (Lipinski definition) is 1. The quantitative estimate of drug-likeness (QED) is 0.688. The van der Waals surface area contributed by atoms with Crippen LogP contribution in [0.25, 0.3) is 0 Å². The van der Waals surface area contributed by atoms with Gasteiger partial charge in [-0.25, -0.2) is 0 Å². The number of hydrogen-bond donors (Lipinski definition) is 1. The van der Waals surface area contributed by atoms with E-state index in [2.05, 4.69) is 59.4 Å². The fraction of sp³-hybridized carbons (Fsp3) is 0.231. The summed E-state index contributed by atoms with van der Waals surface area (Å²) >= 11 is 0. The van der Waals surface area contributed by atoms with Crippen molar-refractivity contribution in [1.29, 1.82) is 0 Å². The Labute approximate surface area is 89.5 Å². The van der Waals surface area contributed by atoms with E-state index in [1.165, 1.54) is 16.9 Å². The predicted molar refractivity (Wildman–Crippen MR) is 62.0 cm³/mol. The highest BCUT2D eigenvalue weighted by Crippen LogP contribution is 2.27. The van der Waals surface area contributed by atoms with E-state index in [9.17, 15) is 0 Å². The van der Waals surface area contributed by atoms with E-state index in [0.29, 0.717) is 6.04 Å². The Hall–Kier alpha value is -1.70. The van der Waals surface area contributed by atoms with Crippen LogP contribution < -0.4 is 5.32 Å². The van der Waals surface area contributed by atoms with Crippen molar-refractivity contribution in [3.8, 4) is 0 Å². The molecule has 1 unspecified atom stereocenters. The van der Waals surface area contributed by atoms with Crippen molar-refractivity contribution in [3.63, 3.8) is 0 Å².